The minimum Gasteiger partial charge on any atom is -0.481 e. The molecule has 2 aliphatic heterocycles. The van der Waals surface area contributed by atoms with E-state index in [2.05, 4.69) is 12.2 Å². The van der Waals surface area contributed by atoms with Gasteiger partial charge in [0, 0.05) is 6.92 Å². The van der Waals surface area contributed by atoms with Crippen molar-refractivity contribution in [1.82, 2.24) is 0 Å². The van der Waals surface area contributed by atoms with Crippen LogP contribution in [-0.4, -0.2) is 34.4 Å². The molecule has 3 atom stereocenters. The van der Waals surface area contributed by atoms with E-state index in [-0.39, 0.29) is 23.6 Å². The van der Waals surface area contributed by atoms with Crippen molar-refractivity contribution < 1.29 is 24.5 Å². The Morgan fingerprint density at radius 2 is 1.88 bits per heavy atom. The van der Waals surface area contributed by atoms with Crippen LogP contribution in [0.25, 0.3) is 0 Å². The van der Waals surface area contributed by atoms with E-state index in [4.69, 9.17) is 19.7 Å². The highest BCUT2D eigenvalue weighted by Gasteiger charge is 2.38. The SMILES string of the molecule is CC(=O)O.CC12CC=CC(CCC1)OC2=O.OC1/C=C\CCCCC1. The van der Waals surface area contributed by atoms with Gasteiger partial charge in [0.05, 0.1) is 11.5 Å². The number of allylic oxidation sites excluding steroid dienone is 2. The first-order valence-corrected chi connectivity index (χ1v) is 9.25. The summed E-state index contributed by atoms with van der Waals surface area (Å²) in [6.07, 6.45) is 17.8. The predicted octanol–water partition coefficient (Wildman–Crippen LogP) is 4.01. The van der Waals surface area contributed by atoms with Gasteiger partial charge in [-0.15, -0.1) is 0 Å². The predicted molar refractivity (Wildman–Crippen MR) is 97.1 cm³/mol. The van der Waals surface area contributed by atoms with Crippen molar-refractivity contribution in [2.75, 3.05) is 0 Å². The fourth-order valence-electron chi connectivity index (χ4n) is 3.08. The summed E-state index contributed by atoms with van der Waals surface area (Å²) in [5.41, 5.74) is -0.234. The number of hydrogen-bond donors (Lipinski definition) is 2. The molecule has 5 nitrogen and oxygen atoms in total. The van der Waals surface area contributed by atoms with Crippen molar-refractivity contribution >= 4 is 11.9 Å². The second-order valence-electron chi connectivity index (χ2n) is 7.18. The number of rotatable bonds is 0. The third-order valence-corrected chi connectivity index (χ3v) is 4.62. The van der Waals surface area contributed by atoms with Crippen LogP contribution in [0.5, 0.6) is 0 Å². The number of carbonyl (C=O) groups is 2. The Morgan fingerprint density at radius 1 is 1.16 bits per heavy atom. The molecule has 0 aromatic heterocycles. The topological polar surface area (TPSA) is 83.8 Å². The summed E-state index contributed by atoms with van der Waals surface area (Å²) < 4.78 is 5.31. The molecule has 1 aliphatic carbocycles. The lowest BCUT2D eigenvalue weighted by atomic mass is 9.81. The lowest BCUT2D eigenvalue weighted by Gasteiger charge is -2.21. The van der Waals surface area contributed by atoms with Gasteiger partial charge >= 0.3 is 5.97 Å². The third-order valence-electron chi connectivity index (χ3n) is 4.62. The summed E-state index contributed by atoms with van der Waals surface area (Å²) in [7, 11) is 0. The molecule has 2 bridgehead atoms. The summed E-state index contributed by atoms with van der Waals surface area (Å²) in [6, 6.07) is 0. The molecule has 1 saturated heterocycles. The number of fused-ring (bicyclic) bond motifs is 3. The van der Waals surface area contributed by atoms with Gasteiger partial charge in [-0.05, 0) is 57.9 Å². The Morgan fingerprint density at radius 3 is 2.60 bits per heavy atom. The summed E-state index contributed by atoms with van der Waals surface area (Å²) >= 11 is 0. The highest BCUT2D eigenvalue weighted by Crippen LogP contribution is 2.37. The van der Waals surface area contributed by atoms with Crippen molar-refractivity contribution in [3.05, 3.63) is 24.3 Å². The van der Waals surface area contributed by atoms with Crippen molar-refractivity contribution in [1.29, 1.82) is 0 Å². The van der Waals surface area contributed by atoms with Gasteiger partial charge in [-0.3, -0.25) is 9.59 Å². The number of aliphatic carboxylic acids is 1. The van der Waals surface area contributed by atoms with Crippen LogP contribution in [-0.2, 0) is 14.3 Å². The van der Waals surface area contributed by atoms with Gasteiger partial charge in [0.1, 0.15) is 6.10 Å². The monoisotopic (exact) mass is 352 g/mol. The highest BCUT2D eigenvalue weighted by molar-refractivity contribution is 5.77. The largest absolute Gasteiger partial charge is 0.481 e. The van der Waals surface area contributed by atoms with Crippen molar-refractivity contribution in [3.63, 3.8) is 0 Å². The molecule has 0 aromatic rings. The number of aliphatic hydroxyl groups excluding tert-OH is 1. The van der Waals surface area contributed by atoms with Crippen LogP contribution in [0.15, 0.2) is 24.3 Å². The number of ether oxygens (including phenoxy) is 1. The molecule has 0 amide bonds. The molecule has 0 radical (unpaired) electrons. The van der Waals surface area contributed by atoms with Crippen LogP contribution < -0.4 is 0 Å². The first-order valence-electron chi connectivity index (χ1n) is 9.25. The quantitative estimate of drug-likeness (QED) is 0.508. The van der Waals surface area contributed by atoms with E-state index < -0.39 is 5.97 Å². The number of hydrogen-bond acceptors (Lipinski definition) is 4. The van der Waals surface area contributed by atoms with Gasteiger partial charge in [-0.1, -0.05) is 31.1 Å². The van der Waals surface area contributed by atoms with Gasteiger partial charge in [-0.25, -0.2) is 0 Å². The zero-order valence-corrected chi connectivity index (χ0v) is 15.4. The number of esters is 1. The second-order valence-corrected chi connectivity index (χ2v) is 7.18. The minimum atomic E-state index is -0.833. The van der Waals surface area contributed by atoms with Crippen LogP contribution in [0.1, 0.15) is 71.6 Å². The summed E-state index contributed by atoms with van der Waals surface area (Å²) in [5.74, 6) is -0.838. The van der Waals surface area contributed by atoms with Crippen LogP contribution in [0.2, 0.25) is 0 Å². The van der Waals surface area contributed by atoms with E-state index in [1.54, 1.807) is 0 Å². The molecule has 5 heteroatoms. The molecule has 2 N–H and O–H groups in total. The van der Waals surface area contributed by atoms with Crippen molar-refractivity contribution in [3.8, 4) is 0 Å². The lowest BCUT2D eigenvalue weighted by molar-refractivity contribution is -0.155. The summed E-state index contributed by atoms with van der Waals surface area (Å²) in [6.45, 7) is 3.09. The van der Waals surface area contributed by atoms with Crippen LogP contribution in [0.3, 0.4) is 0 Å². The van der Waals surface area contributed by atoms with E-state index in [0.717, 1.165) is 45.4 Å². The fourth-order valence-corrected chi connectivity index (χ4v) is 3.08. The molecule has 0 spiro atoms. The Hall–Kier alpha value is -1.62. The van der Waals surface area contributed by atoms with Gasteiger partial charge < -0.3 is 14.9 Å². The molecular formula is C20H32O5. The minimum absolute atomic E-state index is 0.00463. The number of carboxylic acid groups (broad SMARTS) is 1. The van der Waals surface area contributed by atoms with Gasteiger partial charge in [0.15, 0.2) is 0 Å². The zero-order chi connectivity index (χ0) is 18.7. The lowest BCUT2D eigenvalue weighted by Crippen LogP contribution is -2.27. The van der Waals surface area contributed by atoms with E-state index in [0.29, 0.717) is 0 Å². The molecule has 2 heterocycles. The van der Waals surface area contributed by atoms with Crippen LogP contribution >= 0.6 is 0 Å². The van der Waals surface area contributed by atoms with E-state index in [9.17, 15) is 4.79 Å². The summed E-state index contributed by atoms with van der Waals surface area (Å²) in [4.78, 5) is 20.6. The Labute approximate surface area is 150 Å². The molecule has 3 rings (SSSR count). The fraction of sp³-hybridized carbons (Fsp3) is 0.700. The molecular weight excluding hydrogens is 320 g/mol. The number of aliphatic hydroxyl groups is 1. The number of carboxylic acids is 1. The third kappa shape index (κ3) is 8.87. The molecule has 25 heavy (non-hydrogen) atoms. The molecule has 1 fully saturated rings. The van der Waals surface area contributed by atoms with Crippen LogP contribution in [0, 0.1) is 5.41 Å². The summed E-state index contributed by atoms with van der Waals surface area (Å²) in [5, 5.41) is 16.5. The molecule has 3 aliphatic rings. The molecule has 0 aromatic carbocycles. The Bertz CT molecular complexity index is 478. The van der Waals surface area contributed by atoms with Gasteiger partial charge in [0.25, 0.3) is 5.97 Å². The standard InChI is InChI=1S/C10H14O2.C8H14O.C2H4O2/c1-10-6-2-4-8(5-3-7-10)12-9(10)11;9-8-6-4-2-1-3-5-7-8;1-2(3)4/h2,4,8H,3,5-7H2,1H3;4,6,8-9H,1-3,5,7H2;1H3,(H,3,4)/b;6-4-;. The maximum Gasteiger partial charge on any atom is 0.312 e. The molecule has 0 saturated carbocycles. The first-order chi connectivity index (χ1) is 11.8. The average molecular weight is 352 g/mol. The molecule has 142 valence electrons. The maximum absolute atomic E-state index is 11.6. The first kappa shape index (κ1) is 21.4. The zero-order valence-electron chi connectivity index (χ0n) is 15.4. The van der Waals surface area contributed by atoms with Gasteiger partial charge in [-0.2, -0.15) is 0 Å². The van der Waals surface area contributed by atoms with Gasteiger partial charge in [0.2, 0.25) is 0 Å². The highest BCUT2D eigenvalue weighted by atomic mass is 16.5. The molecule has 3 unspecified atom stereocenters. The van der Waals surface area contributed by atoms with Crippen LogP contribution in [0.4, 0.5) is 0 Å². The smallest absolute Gasteiger partial charge is 0.312 e. The van der Waals surface area contributed by atoms with E-state index >= 15 is 0 Å². The average Bonchev–Trinajstić information content (AvgIpc) is 2.70. The van der Waals surface area contributed by atoms with Crippen molar-refractivity contribution in [2.45, 2.75) is 83.8 Å². The Balaban J connectivity index is 0.000000213. The van der Waals surface area contributed by atoms with Crippen molar-refractivity contribution in [2.24, 2.45) is 5.41 Å². The normalized spacial score (nSPS) is 32.2. The van der Waals surface area contributed by atoms with E-state index in [1.807, 2.05) is 19.1 Å². The second kappa shape index (κ2) is 11.1. The van der Waals surface area contributed by atoms with E-state index in [1.165, 1.54) is 19.3 Å². The number of carbonyl (C=O) groups excluding carboxylic acids is 1. The Kier molecular flexibility index (Phi) is 9.50. The maximum atomic E-state index is 11.6.